The fourth-order valence-corrected chi connectivity index (χ4v) is 3.14. The Balaban J connectivity index is 0.00000208. The van der Waals surface area contributed by atoms with Gasteiger partial charge < -0.3 is 15.5 Å². The van der Waals surface area contributed by atoms with Gasteiger partial charge in [-0.3, -0.25) is 4.79 Å². The maximum absolute atomic E-state index is 12.5. The molecule has 0 spiro atoms. The molecule has 4 nitrogen and oxygen atoms in total. The van der Waals surface area contributed by atoms with Gasteiger partial charge in [0.05, 0.1) is 0 Å². The van der Waals surface area contributed by atoms with E-state index in [1.807, 2.05) is 11.0 Å². The Bertz CT molecular complexity index is 652. The molecule has 0 bridgehead atoms. The summed E-state index contributed by atoms with van der Waals surface area (Å²) in [5, 5.41) is 0. The number of amides is 1. The number of piperidine rings is 1. The number of nitrogens with two attached hydrogens (primary N) is 1. The molecular weight excluding hydrogens is 322 g/mol. The highest BCUT2D eigenvalue weighted by Gasteiger charge is 2.25. The number of para-hydroxylation sites is 1. The molecule has 0 atom stereocenters. The van der Waals surface area contributed by atoms with Crippen LogP contribution in [0.5, 0.6) is 0 Å². The lowest BCUT2D eigenvalue weighted by Crippen LogP contribution is -2.45. The van der Waals surface area contributed by atoms with Crippen LogP contribution in [0.3, 0.4) is 0 Å². The number of carbonyl (C=O) groups excluding carboxylic acids is 1. The van der Waals surface area contributed by atoms with Gasteiger partial charge in [0.1, 0.15) is 0 Å². The van der Waals surface area contributed by atoms with Crippen molar-refractivity contribution in [3.05, 3.63) is 60.2 Å². The van der Waals surface area contributed by atoms with E-state index in [0.29, 0.717) is 17.3 Å². The van der Waals surface area contributed by atoms with Crippen LogP contribution in [0.1, 0.15) is 23.2 Å². The molecule has 0 aliphatic carbocycles. The molecule has 24 heavy (non-hydrogen) atoms. The van der Waals surface area contributed by atoms with Crippen molar-refractivity contribution in [1.82, 2.24) is 4.90 Å². The van der Waals surface area contributed by atoms with Crippen LogP contribution in [-0.4, -0.2) is 37.0 Å². The van der Waals surface area contributed by atoms with Crippen LogP contribution in [0.15, 0.2) is 54.6 Å². The number of anilines is 2. The van der Waals surface area contributed by atoms with Gasteiger partial charge in [-0.2, -0.15) is 0 Å². The third-order valence-electron chi connectivity index (χ3n) is 4.62. The zero-order valence-electron chi connectivity index (χ0n) is 13.9. The Morgan fingerprint density at radius 1 is 1.04 bits per heavy atom. The molecule has 5 heteroatoms. The number of rotatable bonds is 3. The van der Waals surface area contributed by atoms with Crippen molar-refractivity contribution in [3.63, 3.8) is 0 Å². The Morgan fingerprint density at radius 3 is 2.21 bits per heavy atom. The molecule has 0 unspecified atom stereocenters. The smallest absolute Gasteiger partial charge is 0.253 e. The zero-order valence-corrected chi connectivity index (χ0v) is 14.7. The van der Waals surface area contributed by atoms with Crippen molar-refractivity contribution in [3.8, 4) is 0 Å². The van der Waals surface area contributed by atoms with E-state index in [9.17, 15) is 4.79 Å². The Morgan fingerprint density at radius 2 is 1.62 bits per heavy atom. The van der Waals surface area contributed by atoms with Crippen molar-refractivity contribution < 1.29 is 4.79 Å². The van der Waals surface area contributed by atoms with Gasteiger partial charge in [-0.25, -0.2) is 0 Å². The minimum atomic E-state index is 0. The first kappa shape index (κ1) is 18.1. The molecule has 1 aliphatic heterocycles. The first-order valence-electron chi connectivity index (χ1n) is 8.08. The summed E-state index contributed by atoms with van der Waals surface area (Å²) in [4.78, 5) is 16.8. The number of halogens is 1. The Kier molecular flexibility index (Phi) is 6.10. The molecule has 0 radical (unpaired) electrons. The van der Waals surface area contributed by atoms with Gasteiger partial charge >= 0.3 is 0 Å². The van der Waals surface area contributed by atoms with Crippen LogP contribution in [0, 0.1) is 0 Å². The van der Waals surface area contributed by atoms with Crippen molar-refractivity contribution in [2.75, 3.05) is 30.8 Å². The molecule has 1 amide bonds. The number of hydrogen-bond acceptors (Lipinski definition) is 3. The van der Waals surface area contributed by atoms with Crippen LogP contribution < -0.4 is 10.6 Å². The summed E-state index contributed by atoms with van der Waals surface area (Å²) in [5.41, 5.74) is 8.32. The van der Waals surface area contributed by atoms with Crippen LogP contribution in [0.2, 0.25) is 0 Å². The third-order valence-corrected chi connectivity index (χ3v) is 4.62. The fourth-order valence-electron chi connectivity index (χ4n) is 3.14. The minimum absolute atomic E-state index is 0. The average molecular weight is 346 g/mol. The van der Waals surface area contributed by atoms with Gasteiger partial charge in [-0.15, -0.1) is 12.4 Å². The lowest BCUT2D eigenvalue weighted by molar-refractivity contribution is 0.0713. The van der Waals surface area contributed by atoms with Gasteiger partial charge in [-0.1, -0.05) is 18.2 Å². The standard InChI is InChI=1S/C19H23N3O.ClH/c1-21(17-5-3-2-4-6-17)18-11-13-22(14-12-18)19(23)15-7-9-16(20)10-8-15;/h2-10,18H,11-14,20H2,1H3;1H. The molecule has 2 aromatic rings. The second-order valence-electron chi connectivity index (χ2n) is 6.09. The molecule has 0 saturated carbocycles. The molecule has 0 aromatic heterocycles. The molecule has 1 heterocycles. The van der Waals surface area contributed by atoms with E-state index in [1.54, 1.807) is 24.3 Å². The van der Waals surface area contributed by atoms with E-state index in [-0.39, 0.29) is 18.3 Å². The summed E-state index contributed by atoms with van der Waals surface area (Å²) in [5.74, 6) is 0.103. The fraction of sp³-hybridized carbons (Fsp3) is 0.316. The molecule has 1 fully saturated rings. The summed E-state index contributed by atoms with van der Waals surface area (Å²) in [6, 6.07) is 18.1. The van der Waals surface area contributed by atoms with Crippen molar-refractivity contribution in [2.45, 2.75) is 18.9 Å². The number of likely N-dealkylation sites (tertiary alicyclic amines) is 1. The second-order valence-corrected chi connectivity index (χ2v) is 6.09. The molecule has 3 rings (SSSR count). The number of nitrogen functional groups attached to an aromatic ring is 1. The van der Waals surface area contributed by atoms with E-state index in [0.717, 1.165) is 25.9 Å². The molecular formula is C19H24ClN3O. The summed E-state index contributed by atoms with van der Waals surface area (Å²) >= 11 is 0. The molecule has 1 saturated heterocycles. The van der Waals surface area contributed by atoms with Gasteiger partial charge in [0.15, 0.2) is 0 Å². The molecule has 2 aromatic carbocycles. The summed E-state index contributed by atoms with van der Waals surface area (Å²) < 4.78 is 0. The lowest BCUT2D eigenvalue weighted by atomic mass is 10.0. The van der Waals surface area contributed by atoms with E-state index in [4.69, 9.17) is 5.73 Å². The predicted octanol–water partition coefficient (Wildman–Crippen LogP) is 3.43. The van der Waals surface area contributed by atoms with Crippen molar-refractivity contribution in [2.24, 2.45) is 0 Å². The van der Waals surface area contributed by atoms with E-state index in [2.05, 4.69) is 36.2 Å². The van der Waals surface area contributed by atoms with Crippen LogP contribution in [-0.2, 0) is 0 Å². The maximum Gasteiger partial charge on any atom is 0.253 e. The first-order chi connectivity index (χ1) is 11.1. The van der Waals surface area contributed by atoms with Crippen LogP contribution in [0.4, 0.5) is 11.4 Å². The molecule has 128 valence electrons. The van der Waals surface area contributed by atoms with Crippen molar-refractivity contribution in [1.29, 1.82) is 0 Å². The van der Waals surface area contributed by atoms with Gasteiger partial charge in [0.25, 0.3) is 5.91 Å². The number of benzene rings is 2. The summed E-state index contributed by atoms with van der Waals surface area (Å²) in [6.45, 7) is 1.59. The quantitative estimate of drug-likeness (QED) is 0.867. The Hall–Kier alpha value is -2.20. The van der Waals surface area contributed by atoms with Crippen molar-refractivity contribution >= 4 is 29.7 Å². The number of nitrogens with zero attached hydrogens (tertiary/aromatic N) is 2. The third kappa shape index (κ3) is 4.01. The SMILES string of the molecule is CN(c1ccccc1)C1CCN(C(=O)c2ccc(N)cc2)CC1.Cl. The lowest BCUT2D eigenvalue weighted by Gasteiger charge is -2.38. The highest BCUT2D eigenvalue weighted by Crippen LogP contribution is 2.22. The maximum atomic E-state index is 12.5. The van der Waals surface area contributed by atoms with Gasteiger partial charge in [0.2, 0.25) is 0 Å². The summed E-state index contributed by atoms with van der Waals surface area (Å²) in [6.07, 6.45) is 1.98. The monoisotopic (exact) mass is 345 g/mol. The highest BCUT2D eigenvalue weighted by atomic mass is 35.5. The number of hydrogen-bond donors (Lipinski definition) is 1. The number of carbonyl (C=O) groups is 1. The van der Waals surface area contributed by atoms with E-state index < -0.39 is 0 Å². The predicted molar refractivity (Wildman–Crippen MR) is 102 cm³/mol. The molecule has 1 aliphatic rings. The highest BCUT2D eigenvalue weighted by molar-refractivity contribution is 5.94. The normalized spacial score (nSPS) is 14.8. The largest absolute Gasteiger partial charge is 0.399 e. The zero-order chi connectivity index (χ0) is 16.2. The second kappa shape index (κ2) is 8.06. The topological polar surface area (TPSA) is 49.6 Å². The van der Waals surface area contributed by atoms with Crippen LogP contribution in [0.25, 0.3) is 0 Å². The Labute approximate surface area is 149 Å². The first-order valence-corrected chi connectivity index (χ1v) is 8.08. The van der Waals surface area contributed by atoms with Gasteiger partial charge in [-0.05, 0) is 49.2 Å². The van der Waals surface area contributed by atoms with Gasteiger partial charge in [0, 0.05) is 43.1 Å². The van der Waals surface area contributed by atoms with E-state index in [1.165, 1.54) is 5.69 Å². The van der Waals surface area contributed by atoms with Crippen LogP contribution >= 0.6 is 12.4 Å². The minimum Gasteiger partial charge on any atom is -0.399 e. The summed E-state index contributed by atoms with van der Waals surface area (Å²) in [7, 11) is 2.14. The van der Waals surface area contributed by atoms with E-state index >= 15 is 0 Å². The average Bonchev–Trinajstić information content (AvgIpc) is 2.62. The molecule has 2 N–H and O–H groups in total.